The third kappa shape index (κ3) is 0.856. The average molecular weight is 180 g/mol. The van der Waals surface area contributed by atoms with Crippen molar-refractivity contribution in [1.82, 2.24) is 0 Å². The van der Waals surface area contributed by atoms with Crippen molar-refractivity contribution in [2.24, 2.45) is 29.6 Å². The summed E-state index contributed by atoms with van der Waals surface area (Å²) in [6.45, 7) is 0.172. The highest BCUT2D eigenvalue weighted by Gasteiger charge is 2.56. The van der Waals surface area contributed by atoms with E-state index in [0.29, 0.717) is 17.8 Å². The Hall–Kier alpha value is -0.340. The molecule has 2 N–H and O–H groups in total. The molecule has 2 bridgehead atoms. The molecule has 0 amide bonds. The summed E-state index contributed by atoms with van der Waals surface area (Å²) in [6, 6.07) is 0. The van der Waals surface area contributed by atoms with Crippen LogP contribution in [0.1, 0.15) is 12.8 Å². The summed E-state index contributed by atoms with van der Waals surface area (Å²) in [4.78, 5) is 0. The molecule has 0 saturated heterocycles. The lowest BCUT2D eigenvalue weighted by Crippen LogP contribution is -2.38. The van der Waals surface area contributed by atoms with Gasteiger partial charge in [0.25, 0.3) is 0 Å². The third-order valence-corrected chi connectivity index (χ3v) is 4.49. The van der Waals surface area contributed by atoms with Gasteiger partial charge in [0.2, 0.25) is 0 Å². The van der Waals surface area contributed by atoms with Gasteiger partial charge in [0.15, 0.2) is 0 Å². The lowest BCUT2D eigenvalue weighted by Gasteiger charge is -2.34. The predicted molar refractivity (Wildman–Crippen MR) is 48.9 cm³/mol. The zero-order valence-corrected chi connectivity index (χ0v) is 7.63. The molecule has 0 aromatic heterocycles. The molecule has 2 nitrogen and oxygen atoms in total. The maximum absolute atomic E-state index is 9.93. The maximum Gasteiger partial charge on any atom is 0.0627 e. The van der Waals surface area contributed by atoms with Gasteiger partial charge in [-0.2, -0.15) is 0 Å². The number of allylic oxidation sites excluding steroid dienone is 2. The second-order valence-electron chi connectivity index (χ2n) is 4.81. The second kappa shape index (κ2) is 2.58. The van der Waals surface area contributed by atoms with Gasteiger partial charge in [-0.05, 0) is 36.5 Å². The number of hydrogen-bond acceptors (Lipinski definition) is 2. The smallest absolute Gasteiger partial charge is 0.0627 e. The molecule has 0 heterocycles. The summed E-state index contributed by atoms with van der Waals surface area (Å²) in [7, 11) is 0. The highest BCUT2D eigenvalue weighted by atomic mass is 16.3. The van der Waals surface area contributed by atoms with Gasteiger partial charge in [0, 0.05) is 12.5 Å². The van der Waals surface area contributed by atoms with Crippen molar-refractivity contribution in [3.8, 4) is 0 Å². The van der Waals surface area contributed by atoms with Crippen LogP contribution in [-0.4, -0.2) is 22.9 Å². The molecule has 0 spiro atoms. The number of hydrogen-bond donors (Lipinski definition) is 2. The Morgan fingerprint density at radius 2 is 2.08 bits per heavy atom. The molecule has 0 aliphatic heterocycles. The topological polar surface area (TPSA) is 40.5 Å². The lowest BCUT2D eigenvalue weighted by atomic mass is 9.74. The first-order valence-electron chi connectivity index (χ1n) is 5.28. The van der Waals surface area contributed by atoms with Crippen molar-refractivity contribution in [2.75, 3.05) is 6.61 Å². The van der Waals surface area contributed by atoms with E-state index in [2.05, 4.69) is 12.2 Å². The van der Waals surface area contributed by atoms with E-state index in [1.807, 2.05) is 0 Å². The summed E-state index contributed by atoms with van der Waals surface area (Å²) >= 11 is 0. The van der Waals surface area contributed by atoms with Gasteiger partial charge >= 0.3 is 0 Å². The van der Waals surface area contributed by atoms with Gasteiger partial charge in [-0.25, -0.2) is 0 Å². The zero-order chi connectivity index (χ0) is 9.00. The van der Waals surface area contributed by atoms with Gasteiger partial charge in [0.1, 0.15) is 0 Å². The largest absolute Gasteiger partial charge is 0.396 e. The van der Waals surface area contributed by atoms with Gasteiger partial charge < -0.3 is 10.2 Å². The van der Waals surface area contributed by atoms with Crippen LogP contribution in [0.2, 0.25) is 0 Å². The van der Waals surface area contributed by atoms with Crippen LogP contribution in [0.4, 0.5) is 0 Å². The highest BCUT2D eigenvalue weighted by molar-refractivity contribution is 5.16. The number of aliphatic hydroxyl groups is 2. The monoisotopic (exact) mass is 180 g/mol. The molecule has 3 rings (SSSR count). The van der Waals surface area contributed by atoms with Crippen molar-refractivity contribution < 1.29 is 10.2 Å². The Balaban J connectivity index is 1.90. The van der Waals surface area contributed by atoms with Crippen LogP contribution in [0, 0.1) is 29.6 Å². The van der Waals surface area contributed by atoms with Gasteiger partial charge in [-0.3, -0.25) is 0 Å². The first kappa shape index (κ1) is 8.01. The van der Waals surface area contributed by atoms with E-state index in [9.17, 15) is 10.2 Å². The van der Waals surface area contributed by atoms with E-state index in [0.717, 1.165) is 12.3 Å². The van der Waals surface area contributed by atoms with E-state index >= 15 is 0 Å². The highest BCUT2D eigenvalue weighted by Crippen LogP contribution is 2.58. The van der Waals surface area contributed by atoms with Crippen LogP contribution in [-0.2, 0) is 0 Å². The van der Waals surface area contributed by atoms with Crippen molar-refractivity contribution >= 4 is 0 Å². The molecule has 6 atom stereocenters. The molecule has 72 valence electrons. The van der Waals surface area contributed by atoms with Crippen LogP contribution < -0.4 is 0 Å². The zero-order valence-electron chi connectivity index (χ0n) is 7.63. The maximum atomic E-state index is 9.93. The van der Waals surface area contributed by atoms with Crippen LogP contribution in [0.15, 0.2) is 12.2 Å². The molecule has 0 aromatic carbocycles. The molecule has 0 aromatic rings. The molecule has 3 aliphatic rings. The standard InChI is InChI=1S/C11H16O2/c12-5-10-8-4-9(11(10)13)7-3-1-2-6(7)8/h1,3,6-13H,2,4-5H2. The van der Waals surface area contributed by atoms with E-state index in [-0.39, 0.29) is 18.6 Å². The Morgan fingerprint density at radius 1 is 1.23 bits per heavy atom. The molecule has 2 fully saturated rings. The fraction of sp³-hybridized carbons (Fsp3) is 0.818. The molecule has 2 saturated carbocycles. The Bertz CT molecular complexity index is 246. The van der Waals surface area contributed by atoms with E-state index in [4.69, 9.17) is 0 Å². The van der Waals surface area contributed by atoms with Crippen LogP contribution in [0.25, 0.3) is 0 Å². The van der Waals surface area contributed by atoms with E-state index in [1.165, 1.54) is 6.42 Å². The fourth-order valence-electron chi connectivity index (χ4n) is 3.93. The fourth-order valence-corrected chi connectivity index (χ4v) is 3.93. The van der Waals surface area contributed by atoms with Crippen molar-refractivity contribution in [2.45, 2.75) is 18.9 Å². The van der Waals surface area contributed by atoms with Crippen molar-refractivity contribution in [3.63, 3.8) is 0 Å². The van der Waals surface area contributed by atoms with Crippen LogP contribution >= 0.6 is 0 Å². The summed E-state index contributed by atoms with van der Waals surface area (Å²) in [6.07, 6.45) is 6.62. The quantitative estimate of drug-likeness (QED) is 0.586. The first-order valence-corrected chi connectivity index (χ1v) is 5.28. The molecule has 3 aliphatic carbocycles. The minimum absolute atomic E-state index is 0.172. The SMILES string of the molecule is OCC1C(O)C2CC1C1CC=CC21. The molecular weight excluding hydrogens is 164 g/mol. The van der Waals surface area contributed by atoms with E-state index < -0.39 is 0 Å². The molecule has 2 heteroatoms. The lowest BCUT2D eigenvalue weighted by molar-refractivity contribution is -0.00531. The van der Waals surface area contributed by atoms with E-state index in [1.54, 1.807) is 0 Å². The number of aliphatic hydroxyl groups excluding tert-OH is 2. The Kier molecular flexibility index (Phi) is 1.59. The van der Waals surface area contributed by atoms with Gasteiger partial charge in [-0.1, -0.05) is 12.2 Å². The Labute approximate surface area is 78.3 Å². The van der Waals surface area contributed by atoms with Crippen molar-refractivity contribution in [3.05, 3.63) is 12.2 Å². The van der Waals surface area contributed by atoms with Crippen LogP contribution in [0.5, 0.6) is 0 Å². The Morgan fingerprint density at radius 3 is 2.85 bits per heavy atom. The average Bonchev–Trinajstić information content (AvgIpc) is 2.71. The molecule has 13 heavy (non-hydrogen) atoms. The predicted octanol–water partition coefficient (Wildman–Crippen LogP) is 0.798. The normalized spacial score (nSPS) is 57.4. The summed E-state index contributed by atoms with van der Waals surface area (Å²) in [5.41, 5.74) is 0. The molecule has 6 unspecified atom stereocenters. The number of rotatable bonds is 1. The second-order valence-corrected chi connectivity index (χ2v) is 4.81. The van der Waals surface area contributed by atoms with Crippen molar-refractivity contribution in [1.29, 1.82) is 0 Å². The number of fused-ring (bicyclic) bond motifs is 5. The molecule has 0 radical (unpaired) electrons. The van der Waals surface area contributed by atoms with Gasteiger partial charge in [0.05, 0.1) is 6.10 Å². The minimum atomic E-state index is -0.237. The van der Waals surface area contributed by atoms with Crippen LogP contribution in [0.3, 0.4) is 0 Å². The van der Waals surface area contributed by atoms with Gasteiger partial charge in [-0.15, -0.1) is 0 Å². The minimum Gasteiger partial charge on any atom is -0.396 e. The third-order valence-electron chi connectivity index (χ3n) is 4.49. The summed E-state index contributed by atoms with van der Waals surface area (Å²) < 4.78 is 0. The summed E-state index contributed by atoms with van der Waals surface area (Å²) in [5, 5.41) is 19.1. The first-order chi connectivity index (χ1) is 6.33. The molecular formula is C11H16O2. The summed E-state index contributed by atoms with van der Waals surface area (Å²) in [5.74, 6) is 2.58.